The smallest absolute Gasteiger partial charge is 0.444 e. The Kier molecular flexibility index (Phi) is 6.02. The van der Waals surface area contributed by atoms with Gasteiger partial charge in [-0.2, -0.15) is 0 Å². The van der Waals surface area contributed by atoms with Crippen LogP contribution in [0.4, 0.5) is 19.0 Å². The first-order chi connectivity index (χ1) is 13.3. The van der Waals surface area contributed by atoms with E-state index in [9.17, 15) is 23.3 Å². The van der Waals surface area contributed by atoms with Gasteiger partial charge in [-0.25, -0.2) is 0 Å². The van der Waals surface area contributed by atoms with Crippen molar-refractivity contribution in [3.63, 3.8) is 0 Å². The topological polar surface area (TPSA) is 91.5 Å². The molecule has 8 nitrogen and oxygen atoms in total. The van der Waals surface area contributed by atoms with Gasteiger partial charge in [-0.05, 0) is 48.4 Å². The highest BCUT2D eigenvalue weighted by Gasteiger charge is 2.31. The van der Waals surface area contributed by atoms with Crippen molar-refractivity contribution in [2.24, 2.45) is 0 Å². The maximum absolute atomic E-state index is 12.1. The molecular formula is C17H19F3N4O4. The fourth-order valence-corrected chi connectivity index (χ4v) is 2.93. The van der Waals surface area contributed by atoms with Gasteiger partial charge in [-0.15, -0.1) is 13.2 Å². The number of nitrogens with one attached hydrogen (secondary N) is 1. The lowest BCUT2D eigenvalue weighted by atomic mass is 10.1. The van der Waals surface area contributed by atoms with E-state index in [1.165, 1.54) is 18.3 Å². The van der Waals surface area contributed by atoms with Crippen LogP contribution in [-0.4, -0.2) is 40.0 Å². The number of aromatic nitrogens is 2. The summed E-state index contributed by atoms with van der Waals surface area (Å²) < 4.78 is 47.3. The maximum Gasteiger partial charge on any atom is 0.573 e. The lowest BCUT2D eigenvalue weighted by molar-refractivity contribution is -0.389. The number of fused-ring (bicyclic) bond motifs is 1. The molecule has 1 N–H and O–H groups in total. The highest BCUT2D eigenvalue weighted by molar-refractivity contribution is 5.27. The largest absolute Gasteiger partial charge is 0.573 e. The highest BCUT2D eigenvalue weighted by Crippen LogP contribution is 2.23. The molecule has 0 amide bonds. The van der Waals surface area contributed by atoms with Crippen molar-refractivity contribution in [3.8, 4) is 11.8 Å². The number of nitro groups is 1. The summed E-state index contributed by atoms with van der Waals surface area (Å²) in [5, 5.41) is 14.1. The first-order valence-electron chi connectivity index (χ1n) is 8.72. The SMILES string of the molecule is O=[N+]([O-])c1cn2c(n1)OC[C@@H](NCCCCc1ccc(OC(F)(F)F)cc1)C2. The Morgan fingerprint density at radius 3 is 2.75 bits per heavy atom. The number of unbranched alkanes of at least 4 members (excludes halogenated alkanes) is 1. The molecule has 1 atom stereocenters. The summed E-state index contributed by atoms with van der Waals surface area (Å²) in [6.45, 7) is 1.65. The lowest BCUT2D eigenvalue weighted by Crippen LogP contribution is -2.41. The zero-order valence-electron chi connectivity index (χ0n) is 14.8. The second-order valence-corrected chi connectivity index (χ2v) is 6.40. The minimum atomic E-state index is -4.68. The molecule has 2 aromatic rings. The van der Waals surface area contributed by atoms with Gasteiger partial charge in [0.25, 0.3) is 0 Å². The Labute approximate surface area is 158 Å². The molecule has 0 saturated carbocycles. The van der Waals surface area contributed by atoms with E-state index in [4.69, 9.17) is 4.74 Å². The Morgan fingerprint density at radius 1 is 1.32 bits per heavy atom. The number of halogens is 3. The monoisotopic (exact) mass is 400 g/mol. The van der Waals surface area contributed by atoms with Gasteiger partial charge in [0, 0.05) is 11.5 Å². The molecule has 0 fully saturated rings. The Balaban J connectivity index is 1.35. The molecule has 1 aliphatic heterocycles. The normalized spacial score (nSPS) is 16.3. The van der Waals surface area contributed by atoms with E-state index >= 15 is 0 Å². The third kappa shape index (κ3) is 5.59. The van der Waals surface area contributed by atoms with Gasteiger partial charge in [0.1, 0.15) is 18.6 Å². The van der Waals surface area contributed by atoms with Crippen LogP contribution in [0.25, 0.3) is 0 Å². The average molecular weight is 400 g/mol. The van der Waals surface area contributed by atoms with Gasteiger partial charge < -0.3 is 24.9 Å². The first-order valence-corrected chi connectivity index (χ1v) is 8.72. The number of aryl methyl sites for hydroxylation is 1. The van der Waals surface area contributed by atoms with Crippen LogP contribution in [0.2, 0.25) is 0 Å². The van der Waals surface area contributed by atoms with E-state index in [1.54, 1.807) is 16.7 Å². The van der Waals surface area contributed by atoms with Crippen molar-refractivity contribution in [1.82, 2.24) is 14.9 Å². The molecule has 0 radical (unpaired) electrons. The van der Waals surface area contributed by atoms with E-state index in [-0.39, 0.29) is 23.6 Å². The summed E-state index contributed by atoms with van der Waals surface area (Å²) >= 11 is 0. The van der Waals surface area contributed by atoms with Crippen LogP contribution in [0.1, 0.15) is 18.4 Å². The molecule has 0 unspecified atom stereocenters. The molecule has 0 spiro atoms. The number of hydrogen-bond donors (Lipinski definition) is 1. The zero-order chi connectivity index (χ0) is 20.1. The molecule has 3 rings (SSSR count). The maximum atomic E-state index is 12.1. The zero-order valence-corrected chi connectivity index (χ0v) is 14.8. The summed E-state index contributed by atoms with van der Waals surface area (Å²) in [5.74, 6) is -0.461. The molecule has 0 saturated heterocycles. The van der Waals surface area contributed by atoms with Crippen LogP contribution in [0, 0.1) is 10.1 Å². The Hall–Kier alpha value is -2.82. The lowest BCUT2D eigenvalue weighted by Gasteiger charge is -2.23. The highest BCUT2D eigenvalue weighted by atomic mass is 19.4. The third-order valence-corrected chi connectivity index (χ3v) is 4.23. The molecule has 1 aliphatic rings. The van der Waals surface area contributed by atoms with E-state index in [1.807, 2.05) is 0 Å². The van der Waals surface area contributed by atoms with Crippen LogP contribution < -0.4 is 14.8 Å². The van der Waals surface area contributed by atoms with Gasteiger partial charge >= 0.3 is 18.2 Å². The van der Waals surface area contributed by atoms with Crippen LogP contribution >= 0.6 is 0 Å². The predicted molar refractivity (Wildman–Crippen MR) is 92.2 cm³/mol. The molecular weight excluding hydrogens is 381 g/mol. The minimum absolute atomic E-state index is 0.0279. The summed E-state index contributed by atoms with van der Waals surface area (Å²) in [5.41, 5.74) is 0.936. The van der Waals surface area contributed by atoms with E-state index < -0.39 is 11.3 Å². The molecule has 1 aromatic heterocycles. The van der Waals surface area contributed by atoms with Crippen molar-refractivity contribution in [1.29, 1.82) is 0 Å². The molecule has 2 heterocycles. The third-order valence-electron chi connectivity index (χ3n) is 4.23. The fourth-order valence-electron chi connectivity index (χ4n) is 2.93. The molecule has 11 heteroatoms. The van der Waals surface area contributed by atoms with Crippen LogP contribution in [-0.2, 0) is 13.0 Å². The number of alkyl halides is 3. The average Bonchev–Trinajstić information content (AvgIpc) is 3.05. The minimum Gasteiger partial charge on any atom is -0.444 e. The Bertz CT molecular complexity index is 808. The van der Waals surface area contributed by atoms with Crippen molar-refractivity contribution in [2.75, 3.05) is 13.2 Å². The van der Waals surface area contributed by atoms with Crippen LogP contribution in [0.15, 0.2) is 30.5 Å². The van der Waals surface area contributed by atoms with E-state index in [0.717, 1.165) is 31.4 Å². The summed E-state index contributed by atoms with van der Waals surface area (Å²) in [4.78, 5) is 14.0. The van der Waals surface area contributed by atoms with Gasteiger partial charge in [-0.3, -0.25) is 4.57 Å². The van der Waals surface area contributed by atoms with Crippen LogP contribution in [0.5, 0.6) is 11.8 Å². The number of ether oxygens (including phenoxy) is 2. The van der Waals surface area contributed by atoms with Crippen molar-refractivity contribution >= 4 is 5.82 Å². The number of rotatable bonds is 8. The van der Waals surface area contributed by atoms with Crippen molar-refractivity contribution in [3.05, 3.63) is 46.1 Å². The predicted octanol–water partition coefficient (Wildman–Crippen LogP) is 3.06. The van der Waals surface area contributed by atoms with Gasteiger partial charge in [-0.1, -0.05) is 12.1 Å². The standard InChI is InChI=1S/C17H19F3N4O4/c18-17(19,20)28-14-6-4-12(5-7-14)3-1-2-8-21-13-9-23-10-15(24(25)26)22-16(23)27-11-13/h4-7,10,13,21H,1-3,8-9,11H2/t13-/m0/s1. The summed E-state index contributed by atoms with van der Waals surface area (Å²) in [7, 11) is 0. The molecule has 28 heavy (non-hydrogen) atoms. The number of imidazole rings is 1. The van der Waals surface area contributed by atoms with Gasteiger partial charge in [0.2, 0.25) is 0 Å². The van der Waals surface area contributed by atoms with E-state index in [2.05, 4.69) is 15.0 Å². The second-order valence-electron chi connectivity index (χ2n) is 6.40. The molecule has 0 aliphatic carbocycles. The van der Waals surface area contributed by atoms with Gasteiger partial charge in [0.05, 0.1) is 6.04 Å². The fraction of sp³-hybridized carbons (Fsp3) is 0.471. The number of benzene rings is 1. The van der Waals surface area contributed by atoms with Crippen molar-refractivity contribution < 1.29 is 27.6 Å². The second kappa shape index (κ2) is 8.46. The molecule has 152 valence electrons. The first kappa shape index (κ1) is 19.9. The number of nitrogens with zero attached hydrogens (tertiary/aromatic N) is 3. The quantitative estimate of drug-likeness (QED) is 0.416. The Morgan fingerprint density at radius 2 is 2.07 bits per heavy atom. The number of hydrogen-bond acceptors (Lipinski definition) is 6. The molecule has 1 aromatic carbocycles. The summed E-state index contributed by atoms with van der Waals surface area (Å²) in [6.07, 6.45) is -0.850. The van der Waals surface area contributed by atoms with E-state index in [0.29, 0.717) is 13.2 Å². The molecule has 0 bridgehead atoms. The van der Waals surface area contributed by atoms with Gasteiger partial charge in [0.15, 0.2) is 0 Å². The summed E-state index contributed by atoms with van der Waals surface area (Å²) in [6, 6.07) is 6.14. The van der Waals surface area contributed by atoms with Crippen LogP contribution in [0.3, 0.4) is 0 Å². The van der Waals surface area contributed by atoms with Crippen molar-refractivity contribution in [2.45, 2.75) is 38.2 Å².